The van der Waals surface area contributed by atoms with Gasteiger partial charge >= 0.3 is 0 Å². The molecule has 1 heterocycles. The smallest absolute Gasteiger partial charge is 0.258 e. The molecule has 3 rings (SSSR count). The van der Waals surface area contributed by atoms with Crippen LogP contribution in [0.2, 0.25) is 0 Å². The summed E-state index contributed by atoms with van der Waals surface area (Å²) in [5.41, 5.74) is 5.11. The van der Waals surface area contributed by atoms with Crippen molar-refractivity contribution in [2.45, 2.75) is 71.8 Å². The van der Waals surface area contributed by atoms with E-state index in [9.17, 15) is 9.59 Å². The van der Waals surface area contributed by atoms with Gasteiger partial charge in [-0.2, -0.15) is 0 Å². The fraction of sp³-hybridized carbons (Fsp3) is 0.478. The number of carbonyl (C=O) groups excluding carboxylic acids is 2. The average Bonchev–Trinajstić information content (AvgIpc) is 3.44. The number of hydrogen-bond donors (Lipinski definition) is 1. The number of carbonyl (C=O) groups is 2. The summed E-state index contributed by atoms with van der Waals surface area (Å²) in [6, 6.07) is 5.46. The molecule has 1 N–H and O–H groups in total. The number of benzene rings is 1. The number of hydrogen-bond acceptors (Lipinski definition) is 2. The molecule has 1 saturated heterocycles. The van der Waals surface area contributed by atoms with Gasteiger partial charge in [0, 0.05) is 17.5 Å². The third-order valence-electron chi connectivity index (χ3n) is 5.38. The maximum absolute atomic E-state index is 13.4. The number of rotatable bonds is 5. The molecule has 2 amide bonds. The minimum atomic E-state index is -0.443. The second-order valence-corrected chi connectivity index (χ2v) is 7.86. The van der Waals surface area contributed by atoms with Gasteiger partial charge in [0.15, 0.2) is 0 Å². The summed E-state index contributed by atoms with van der Waals surface area (Å²) in [5.74, 6) is 0.203. The van der Waals surface area contributed by atoms with Crippen LogP contribution in [0.15, 0.2) is 41.7 Å². The van der Waals surface area contributed by atoms with Crippen molar-refractivity contribution in [3.8, 4) is 0 Å². The van der Waals surface area contributed by atoms with Gasteiger partial charge in [-0.1, -0.05) is 44.6 Å². The highest BCUT2D eigenvalue weighted by atomic mass is 16.2. The predicted molar refractivity (Wildman–Crippen MR) is 108 cm³/mol. The van der Waals surface area contributed by atoms with Crippen LogP contribution in [0.25, 0.3) is 0 Å². The minimum absolute atomic E-state index is 0.0718. The molecule has 4 nitrogen and oxygen atoms in total. The van der Waals surface area contributed by atoms with E-state index in [1.807, 2.05) is 25.3 Å². The Morgan fingerprint density at radius 2 is 2.04 bits per heavy atom. The van der Waals surface area contributed by atoms with Gasteiger partial charge < -0.3 is 10.2 Å². The van der Waals surface area contributed by atoms with Crippen molar-refractivity contribution in [2.75, 3.05) is 0 Å². The van der Waals surface area contributed by atoms with Crippen LogP contribution >= 0.6 is 0 Å². The zero-order chi connectivity index (χ0) is 19.6. The first-order valence-electron chi connectivity index (χ1n) is 10.0. The lowest BCUT2D eigenvalue weighted by molar-refractivity contribution is -0.125. The van der Waals surface area contributed by atoms with Crippen molar-refractivity contribution in [1.29, 1.82) is 0 Å². The van der Waals surface area contributed by atoms with E-state index >= 15 is 0 Å². The highest BCUT2D eigenvalue weighted by Gasteiger charge is 2.34. The van der Waals surface area contributed by atoms with Crippen LogP contribution in [-0.2, 0) is 4.79 Å². The van der Waals surface area contributed by atoms with E-state index in [-0.39, 0.29) is 11.8 Å². The molecule has 144 valence electrons. The van der Waals surface area contributed by atoms with E-state index in [1.165, 1.54) is 11.1 Å². The van der Waals surface area contributed by atoms with Crippen LogP contribution in [0, 0.1) is 6.92 Å². The first kappa shape index (κ1) is 19.4. The maximum Gasteiger partial charge on any atom is 0.258 e. The molecule has 4 heteroatoms. The Morgan fingerprint density at radius 3 is 2.63 bits per heavy atom. The summed E-state index contributed by atoms with van der Waals surface area (Å²) in [7, 11) is 0. The summed E-state index contributed by atoms with van der Waals surface area (Å²) in [5, 5.41) is 2.99. The van der Waals surface area contributed by atoms with Crippen molar-refractivity contribution in [2.24, 2.45) is 0 Å². The molecule has 1 unspecified atom stereocenters. The molecule has 0 aromatic heterocycles. The third-order valence-corrected chi connectivity index (χ3v) is 5.38. The molecule has 0 bridgehead atoms. The Hall–Kier alpha value is -2.36. The molecule has 0 radical (unpaired) electrons. The normalized spacial score (nSPS) is 20.6. The zero-order valence-corrected chi connectivity index (χ0v) is 16.8. The van der Waals surface area contributed by atoms with Crippen LogP contribution in [0.4, 0.5) is 0 Å². The molecule has 27 heavy (non-hydrogen) atoms. The van der Waals surface area contributed by atoms with Crippen LogP contribution in [-0.4, -0.2) is 22.8 Å². The second kappa shape index (κ2) is 8.12. The summed E-state index contributed by atoms with van der Waals surface area (Å²) in [6.07, 6.45) is 8.36. The number of amides is 2. The molecular formula is C23H30N2O2. The first-order valence-corrected chi connectivity index (χ1v) is 10.0. The van der Waals surface area contributed by atoms with E-state index in [1.54, 1.807) is 4.90 Å². The fourth-order valence-corrected chi connectivity index (χ4v) is 3.73. The molecular weight excluding hydrogens is 336 g/mol. The van der Waals surface area contributed by atoms with Crippen LogP contribution in [0.3, 0.4) is 0 Å². The Kier molecular flexibility index (Phi) is 5.83. The Bertz CT molecular complexity index is 799. The molecule has 1 aromatic rings. The number of nitrogens with one attached hydrogen (secondary N) is 1. The summed E-state index contributed by atoms with van der Waals surface area (Å²) in [4.78, 5) is 27.9. The monoisotopic (exact) mass is 366 g/mol. The van der Waals surface area contributed by atoms with Gasteiger partial charge in [0.25, 0.3) is 5.91 Å². The maximum atomic E-state index is 13.4. The number of allylic oxidation sites excluding steroid dienone is 3. The van der Waals surface area contributed by atoms with Gasteiger partial charge in [-0.25, -0.2) is 0 Å². The average molecular weight is 367 g/mol. The number of nitrogens with zero attached hydrogens (tertiary/aromatic N) is 1. The van der Waals surface area contributed by atoms with Gasteiger partial charge in [0.2, 0.25) is 5.91 Å². The Morgan fingerprint density at radius 1 is 1.30 bits per heavy atom. The lowest BCUT2D eigenvalue weighted by atomic mass is 9.93. The SMILES string of the molecule is CC/C=C1\CCC(N(C=C2CC2)C(=O)c2cccc(C(C)C)c2C)C(=O)N1. The lowest BCUT2D eigenvalue weighted by Crippen LogP contribution is -2.50. The van der Waals surface area contributed by atoms with Gasteiger partial charge in [-0.05, 0) is 62.1 Å². The standard InChI is InChI=1S/C23H30N2O2/c1-5-7-18-12-13-21(22(26)24-18)25(14-17-10-11-17)23(27)20-9-6-8-19(15(2)3)16(20)4/h6-9,14-15,21H,5,10-13H2,1-4H3,(H,24,26)/b18-7+. The molecule has 1 aromatic carbocycles. The van der Waals surface area contributed by atoms with E-state index < -0.39 is 6.04 Å². The zero-order valence-electron chi connectivity index (χ0n) is 16.8. The fourth-order valence-electron chi connectivity index (χ4n) is 3.73. The molecule has 1 aliphatic heterocycles. The topological polar surface area (TPSA) is 49.4 Å². The van der Waals surface area contributed by atoms with Gasteiger partial charge in [-0.3, -0.25) is 9.59 Å². The van der Waals surface area contributed by atoms with Crippen LogP contribution in [0.1, 0.15) is 80.3 Å². The molecule has 1 atom stereocenters. The quantitative estimate of drug-likeness (QED) is 0.813. The second-order valence-electron chi connectivity index (χ2n) is 7.86. The third kappa shape index (κ3) is 4.32. The van der Waals surface area contributed by atoms with E-state index in [2.05, 4.69) is 38.2 Å². The highest BCUT2D eigenvalue weighted by Crippen LogP contribution is 2.31. The van der Waals surface area contributed by atoms with Crippen molar-refractivity contribution in [1.82, 2.24) is 10.2 Å². The molecule has 2 aliphatic rings. The summed E-state index contributed by atoms with van der Waals surface area (Å²) in [6.45, 7) is 8.34. The minimum Gasteiger partial charge on any atom is -0.328 e. The number of piperidine rings is 1. The van der Waals surface area contributed by atoms with Crippen molar-refractivity contribution >= 4 is 11.8 Å². The first-order chi connectivity index (χ1) is 12.9. The molecule has 0 spiro atoms. The summed E-state index contributed by atoms with van der Waals surface area (Å²) >= 11 is 0. The van der Waals surface area contributed by atoms with E-state index in [4.69, 9.17) is 0 Å². The van der Waals surface area contributed by atoms with Crippen molar-refractivity contribution in [3.63, 3.8) is 0 Å². The largest absolute Gasteiger partial charge is 0.328 e. The highest BCUT2D eigenvalue weighted by molar-refractivity contribution is 6.00. The van der Waals surface area contributed by atoms with Gasteiger partial charge in [-0.15, -0.1) is 0 Å². The lowest BCUT2D eigenvalue weighted by Gasteiger charge is -2.32. The van der Waals surface area contributed by atoms with E-state index in [0.717, 1.165) is 36.9 Å². The van der Waals surface area contributed by atoms with Crippen LogP contribution < -0.4 is 5.32 Å². The van der Waals surface area contributed by atoms with Crippen LogP contribution in [0.5, 0.6) is 0 Å². The molecule has 1 aliphatic carbocycles. The summed E-state index contributed by atoms with van der Waals surface area (Å²) < 4.78 is 0. The van der Waals surface area contributed by atoms with E-state index in [0.29, 0.717) is 17.9 Å². The molecule has 1 saturated carbocycles. The molecule has 2 fully saturated rings. The van der Waals surface area contributed by atoms with Crippen molar-refractivity contribution < 1.29 is 9.59 Å². The van der Waals surface area contributed by atoms with Gasteiger partial charge in [0.1, 0.15) is 6.04 Å². The Balaban J connectivity index is 1.91. The van der Waals surface area contributed by atoms with Crippen molar-refractivity contribution in [3.05, 3.63) is 58.4 Å². The van der Waals surface area contributed by atoms with Gasteiger partial charge in [0.05, 0.1) is 0 Å². The predicted octanol–water partition coefficient (Wildman–Crippen LogP) is 4.81. The Labute approximate surface area is 162 Å².